The molecule has 42 heavy (non-hydrogen) atoms. The van der Waals surface area contributed by atoms with Crippen molar-refractivity contribution in [2.45, 2.75) is 0 Å². The smallest absolute Gasteiger partial charge is 0.358 e. The van der Waals surface area contributed by atoms with Crippen LogP contribution in [0.1, 0.15) is 0 Å². The van der Waals surface area contributed by atoms with E-state index in [1.807, 2.05) is 109 Å². The molecule has 6 aromatic rings. The molecular weight excluding hydrogens is 540 g/mol. The summed E-state index contributed by atoms with van der Waals surface area (Å²) in [5, 5.41) is 21.4. The molecule has 0 unspecified atom stereocenters. The van der Waals surface area contributed by atoms with Gasteiger partial charge >= 0.3 is 13.8 Å². The fourth-order valence-electron chi connectivity index (χ4n) is 4.65. The van der Waals surface area contributed by atoms with Crippen LogP contribution in [-0.2, 0) is 0 Å². The number of hydrogen-bond acceptors (Lipinski definition) is 2. The van der Waals surface area contributed by atoms with Crippen LogP contribution in [0.15, 0.2) is 158 Å². The molecule has 0 aliphatic heterocycles. The Labute approximate surface area is 251 Å². The molecule has 0 aliphatic rings. The maximum Gasteiger partial charge on any atom is 0.358 e. The Morgan fingerprint density at radius 2 is 0.667 bits per heavy atom. The van der Waals surface area contributed by atoms with Crippen LogP contribution >= 0.6 is 11.6 Å². The van der Waals surface area contributed by atoms with Crippen molar-refractivity contribution in [3.63, 3.8) is 0 Å². The summed E-state index contributed by atoms with van der Waals surface area (Å²) in [6.07, 6.45) is 0. The third-order valence-corrected chi connectivity index (χ3v) is 7.29. The van der Waals surface area contributed by atoms with Crippen molar-refractivity contribution >= 4 is 47.3 Å². The highest BCUT2D eigenvalue weighted by atomic mass is 35.5. The predicted octanol–water partition coefficient (Wildman–Crippen LogP) is 5.70. The van der Waals surface area contributed by atoms with Gasteiger partial charge in [-0.25, -0.2) is 4.39 Å². The first-order chi connectivity index (χ1) is 20.5. The second-order valence-corrected chi connectivity index (χ2v) is 10.3. The van der Waals surface area contributed by atoms with Crippen molar-refractivity contribution in [2.75, 3.05) is 0 Å². The van der Waals surface area contributed by atoms with Crippen molar-refractivity contribution < 1.29 is 14.4 Å². The van der Waals surface area contributed by atoms with Gasteiger partial charge < -0.3 is 10.0 Å². The van der Waals surface area contributed by atoms with Crippen LogP contribution in [0.3, 0.4) is 0 Å². The van der Waals surface area contributed by atoms with Gasteiger partial charge in [0.1, 0.15) is 5.82 Å². The molecule has 0 aliphatic carbocycles. The molecule has 2 N–H and O–H groups in total. The van der Waals surface area contributed by atoms with E-state index in [4.69, 9.17) is 11.6 Å². The van der Waals surface area contributed by atoms with Crippen LogP contribution in [0.4, 0.5) is 4.39 Å². The quantitative estimate of drug-likeness (QED) is 0.253. The molecule has 6 heteroatoms. The minimum Gasteiger partial charge on any atom is -0.443 e. The second-order valence-electron chi connectivity index (χ2n) is 9.88. The summed E-state index contributed by atoms with van der Waals surface area (Å²) in [5.74, 6) is -0.301. The summed E-state index contributed by atoms with van der Waals surface area (Å²) in [4.78, 5) is 0. The summed E-state index contributed by atoms with van der Waals surface area (Å²) in [6, 6.07) is 49.2. The number of halogens is 2. The molecule has 6 aromatic carbocycles. The fourth-order valence-corrected chi connectivity index (χ4v) is 4.78. The van der Waals surface area contributed by atoms with E-state index in [1.165, 1.54) is 17.7 Å². The predicted molar refractivity (Wildman–Crippen MR) is 176 cm³/mol. The van der Waals surface area contributed by atoms with E-state index in [1.54, 1.807) is 24.3 Å². The first-order valence-electron chi connectivity index (χ1n) is 13.7. The first-order valence-corrected chi connectivity index (χ1v) is 14.0. The van der Waals surface area contributed by atoms with Crippen LogP contribution in [0, 0.1) is 5.82 Å². The third kappa shape index (κ3) is 7.45. The monoisotopic (exact) mass is 568 g/mol. The highest BCUT2D eigenvalue weighted by Gasteiger charge is 2.17. The average molecular weight is 569 g/mol. The van der Waals surface area contributed by atoms with Gasteiger partial charge in [0, 0.05) is 5.02 Å². The van der Waals surface area contributed by atoms with Crippen molar-refractivity contribution in [3.8, 4) is 22.3 Å². The highest BCUT2D eigenvalue weighted by Crippen LogP contribution is 2.18. The maximum absolute atomic E-state index is 12.9. The van der Waals surface area contributed by atoms with Crippen LogP contribution < -0.4 is 21.9 Å². The average Bonchev–Trinajstić information content (AvgIpc) is 3.06. The molecule has 0 amide bonds. The molecule has 0 bridgehead atoms. The molecule has 0 fully saturated rings. The van der Waals surface area contributed by atoms with E-state index in [0.29, 0.717) is 10.5 Å². The molecule has 0 aromatic heterocycles. The van der Waals surface area contributed by atoms with Gasteiger partial charge in [-0.1, -0.05) is 145 Å². The zero-order valence-corrected chi connectivity index (χ0v) is 23.6. The Morgan fingerprint density at radius 1 is 0.381 bits per heavy atom. The highest BCUT2D eigenvalue weighted by molar-refractivity contribution is 6.79. The molecule has 0 spiro atoms. The lowest BCUT2D eigenvalue weighted by atomic mass is 9.56. The van der Waals surface area contributed by atoms with Gasteiger partial charge in [0.2, 0.25) is 0 Å². The normalized spacial score (nSPS) is 10.4. The van der Waals surface area contributed by atoms with E-state index < -0.39 is 13.8 Å². The Morgan fingerprint density at radius 3 is 1.02 bits per heavy atom. The maximum atomic E-state index is 12.9. The third-order valence-electron chi connectivity index (χ3n) is 7.04. The SMILES string of the molecule is OB(c1ccc(Cl)cc1)c1ccc(-c2ccccc2)cc1.OB(c1ccc(F)cc1)c1ccc(-c2ccccc2)cc1. The molecular formula is C36H28B2ClFO2. The van der Waals surface area contributed by atoms with Gasteiger partial charge in [-0.2, -0.15) is 0 Å². The summed E-state index contributed by atoms with van der Waals surface area (Å²) in [7, 11) is 0. The van der Waals surface area contributed by atoms with Gasteiger partial charge in [0.15, 0.2) is 0 Å². The zero-order chi connectivity index (χ0) is 29.3. The molecule has 0 atom stereocenters. The van der Waals surface area contributed by atoms with Crippen LogP contribution in [0.2, 0.25) is 5.02 Å². The summed E-state index contributed by atoms with van der Waals surface area (Å²) in [5.41, 5.74) is 7.74. The number of benzene rings is 6. The summed E-state index contributed by atoms with van der Waals surface area (Å²) < 4.78 is 12.9. The van der Waals surface area contributed by atoms with Crippen molar-refractivity contribution in [1.29, 1.82) is 0 Å². The van der Waals surface area contributed by atoms with E-state index >= 15 is 0 Å². The standard InChI is InChI=1S/C18H14BClO.C18H14BFO/c2*20-18-12-10-17(11-13-18)19(21)16-8-6-15(7-9-16)14-4-2-1-3-5-14/h2*1-13,21H. The van der Waals surface area contributed by atoms with Crippen molar-refractivity contribution in [3.05, 3.63) is 169 Å². The largest absolute Gasteiger partial charge is 0.443 e. The molecule has 6 rings (SSSR count). The Bertz CT molecular complexity index is 1550. The van der Waals surface area contributed by atoms with Gasteiger partial charge in [-0.05, 0) is 68.4 Å². The van der Waals surface area contributed by atoms with Gasteiger partial charge in [-0.15, -0.1) is 0 Å². The fraction of sp³-hybridized carbons (Fsp3) is 0. The Balaban J connectivity index is 0.000000168. The van der Waals surface area contributed by atoms with E-state index in [-0.39, 0.29) is 5.82 Å². The first kappa shape index (κ1) is 29.1. The van der Waals surface area contributed by atoms with E-state index in [0.717, 1.165) is 33.1 Å². The Kier molecular flexibility index (Phi) is 9.68. The zero-order valence-electron chi connectivity index (χ0n) is 22.8. The van der Waals surface area contributed by atoms with E-state index in [9.17, 15) is 14.4 Å². The van der Waals surface area contributed by atoms with Crippen molar-refractivity contribution in [1.82, 2.24) is 0 Å². The van der Waals surface area contributed by atoms with Gasteiger partial charge in [0.25, 0.3) is 0 Å². The Hall–Kier alpha value is -4.41. The molecule has 0 saturated heterocycles. The summed E-state index contributed by atoms with van der Waals surface area (Å²) >= 11 is 5.87. The number of hydrogen-bond donors (Lipinski definition) is 2. The molecule has 2 nitrogen and oxygen atoms in total. The van der Waals surface area contributed by atoms with Crippen LogP contribution in [0.5, 0.6) is 0 Å². The molecule has 0 saturated carbocycles. The minimum atomic E-state index is -0.740. The lowest BCUT2D eigenvalue weighted by molar-refractivity contribution is 0.599. The molecule has 0 heterocycles. The number of rotatable bonds is 6. The van der Waals surface area contributed by atoms with Crippen LogP contribution in [0.25, 0.3) is 22.3 Å². The van der Waals surface area contributed by atoms with E-state index in [2.05, 4.69) is 12.1 Å². The topological polar surface area (TPSA) is 40.5 Å². The van der Waals surface area contributed by atoms with Crippen molar-refractivity contribution in [2.24, 2.45) is 0 Å². The lowest BCUT2D eigenvalue weighted by Crippen LogP contribution is -2.42. The minimum absolute atomic E-state index is 0.301. The van der Waals surface area contributed by atoms with Gasteiger partial charge in [0.05, 0.1) is 0 Å². The second kappa shape index (κ2) is 14.0. The van der Waals surface area contributed by atoms with Gasteiger partial charge in [-0.3, -0.25) is 0 Å². The van der Waals surface area contributed by atoms with Crippen LogP contribution in [-0.4, -0.2) is 23.9 Å². The lowest BCUT2D eigenvalue weighted by Gasteiger charge is -2.09. The molecule has 0 radical (unpaired) electrons. The summed E-state index contributed by atoms with van der Waals surface area (Å²) in [6.45, 7) is -1.37. The molecule has 204 valence electrons.